The van der Waals surface area contributed by atoms with Crippen LogP contribution in [0.5, 0.6) is 0 Å². The van der Waals surface area contributed by atoms with Crippen molar-refractivity contribution >= 4 is 21.6 Å². The Labute approximate surface area is 114 Å². The quantitative estimate of drug-likeness (QED) is 0.756. The highest BCUT2D eigenvalue weighted by atomic mass is 32.2. The number of rotatable bonds is 2. The normalized spacial score (nSPS) is 17.6. The number of nitrogen functional groups attached to an aromatic ring is 1. The number of nitrogens with zero attached hydrogens (tertiary/aromatic N) is 1. The number of carbonyl (C=O) groups is 1. The summed E-state index contributed by atoms with van der Waals surface area (Å²) < 4.78 is 52.2. The Bertz CT molecular complexity index is 649. The van der Waals surface area contributed by atoms with Crippen molar-refractivity contribution in [2.45, 2.75) is 11.3 Å². The van der Waals surface area contributed by atoms with Crippen molar-refractivity contribution in [2.75, 3.05) is 25.4 Å². The number of sulfonamides is 1. The van der Waals surface area contributed by atoms with E-state index in [0.717, 1.165) is 10.4 Å². The van der Waals surface area contributed by atoms with Gasteiger partial charge in [0.15, 0.2) is 0 Å². The molecule has 1 aromatic carbocycles. The van der Waals surface area contributed by atoms with Gasteiger partial charge in [-0.25, -0.2) is 17.2 Å². The highest BCUT2D eigenvalue weighted by Crippen LogP contribution is 2.24. The van der Waals surface area contributed by atoms with E-state index in [1.165, 1.54) is 0 Å². The molecule has 0 atom stereocenters. The Balaban J connectivity index is 2.44. The van der Waals surface area contributed by atoms with Crippen LogP contribution in [0, 0.1) is 11.6 Å². The maximum absolute atomic E-state index is 13.7. The van der Waals surface area contributed by atoms with Gasteiger partial charge in [0.25, 0.3) is 0 Å². The first-order chi connectivity index (χ1) is 9.32. The second-order valence-corrected chi connectivity index (χ2v) is 6.25. The molecule has 3 N–H and O–H groups in total. The van der Waals surface area contributed by atoms with Crippen LogP contribution in [-0.4, -0.2) is 38.3 Å². The number of amides is 1. The SMILES string of the molecule is Nc1cc(S(=O)(=O)N2CCCNC(=O)C2)c(F)cc1F. The van der Waals surface area contributed by atoms with Crippen LogP contribution in [0.4, 0.5) is 14.5 Å². The lowest BCUT2D eigenvalue weighted by atomic mass is 10.3. The number of hydrogen-bond donors (Lipinski definition) is 2. The maximum Gasteiger partial charge on any atom is 0.246 e. The Hall–Kier alpha value is -1.74. The number of benzene rings is 1. The van der Waals surface area contributed by atoms with Gasteiger partial charge in [-0.3, -0.25) is 4.79 Å². The predicted octanol–water partition coefficient (Wildman–Crippen LogP) is 0.0576. The molecule has 0 aliphatic carbocycles. The molecule has 0 bridgehead atoms. The fourth-order valence-electron chi connectivity index (χ4n) is 1.87. The first kappa shape index (κ1) is 14.7. The van der Waals surface area contributed by atoms with Crippen LogP contribution in [-0.2, 0) is 14.8 Å². The third-order valence-electron chi connectivity index (χ3n) is 2.90. The second kappa shape index (κ2) is 5.33. The minimum Gasteiger partial charge on any atom is -0.396 e. The van der Waals surface area contributed by atoms with E-state index in [9.17, 15) is 22.0 Å². The van der Waals surface area contributed by atoms with Crippen LogP contribution in [0.1, 0.15) is 6.42 Å². The Kier molecular flexibility index (Phi) is 3.91. The third kappa shape index (κ3) is 2.73. The van der Waals surface area contributed by atoms with E-state index in [1.807, 2.05) is 0 Å². The Morgan fingerprint density at radius 2 is 1.95 bits per heavy atom. The standard InChI is InChI=1S/C11H13F2N3O3S/c12-7-4-8(13)10(5-9(7)14)20(18,19)16-3-1-2-15-11(17)6-16/h4-5H,1-3,6,14H2,(H,15,17). The molecule has 1 fully saturated rings. The molecule has 0 unspecified atom stereocenters. The molecule has 0 spiro atoms. The van der Waals surface area contributed by atoms with E-state index in [-0.39, 0.29) is 6.54 Å². The van der Waals surface area contributed by atoms with Gasteiger partial charge in [0.1, 0.15) is 16.5 Å². The molecule has 2 rings (SSSR count). The molecule has 6 nitrogen and oxygen atoms in total. The molecule has 0 saturated carbocycles. The van der Waals surface area contributed by atoms with Crippen molar-refractivity contribution in [3.63, 3.8) is 0 Å². The minimum atomic E-state index is -4.24. The van der Waals surface area contributed by atoms with Crippen molar-refractivity contribution < 1.29 is 22.0 Å². The molecular formula is C11H13F2N3O3S. The number of anilines is 1. The second-order valence-electron chi connectivity index (χ2n) is 4.35. The monoisotopic (exact) mass is 305 g/mol. The molecule has 1 aliphatic heterocycles. The summed E-state index contributed by atoms with van der Waals surface area (Å²) in [6.07, 6.45) is 0.406. The van der Waals surface area contributed by atoms with Gasteiger partial charge >= 0.3 is 0 Å². The number of halogens is 2. The zero-order valence-electron chi connectivity index (χ0n) is 10.4. The summed E-state index contributed by atoms with van der Waals surface area (Å²) in [5.41, 5.74) is 4.80. The summed E-state index contributed by atoms with van der Waals surface area (Å²) in [6, 6.07) is 1.14. The first-order valence-electron chi connectivity index (χ1n) is 5.84. The summed E-state index contributed by atoms with van der Waals surface area (Å²) in [6.45, 7) is 0.00966. The van der Waals surface area contributed by atoms with E-state index < -0.39 is 44.7 Å². The molecule has 0 radical (unpaired) electrons. The van der Waals surface area contributed by atoms with Crippen LogP contribution in [0.2, 0.25) is 0 Å². The van der Waals surface area contributed by atoms with Crippen molar-refractivity contribution in [3.05, 3.63) is 23.8 Å². The lowest BCUT2D eigenvalue weighted by Gasteiger charge is -2.19. The van der Waals surface area contributed by atoms with Crippen LogP contribution in [0.15, 0.2) is 17.0 Å². The molecule has 9 heteroatoms. The van der Waals surface area contributed by atoms with E-state index in [2.05, 4.69) is 5.32 Å². The van der Waals surface area contributed by atoms with Gasteiger partial charge in [-0.15, -0.1) is 0 Å². The van der Waals surface area contributed by atoms with Crippen LogP contribution in [0.25, 0.3) is 0 Å². The molecule has 110 valence electrons. The number of nitrogens with two attached hydrogens (primary N) is 1. The fourth-order valence-corrected chi connectivity index (χ4v) is 3.38. The van der Waals surface area contributed by atoms with Gasteiger partial charge in [-0.2, -0.15) is 4.31 Å². The zero-order chi connectivity index (χ0) is 14.9. The van der Waals surface area contributed by atoms with E-state index in [1.54, 1.807) is 0 Å². The number of nitrogens with one attached hydrogen (secondary N) is 1. The van der Waals surface area contributed by atoms with Crippen molar-refractivity contribution in [2.24, 2.45) is 0 Å². The Morgan fingerprint density at radius 1 is 1.25 bits per heavy atom. The number of carbonyl (C=O) groups excluding carboxylic acids is 1. The van der Waals surface area contributed by atoms with Crippen molar-refractivity contribution in [3.8, 4) is 0 Å². The molecule has 1 aliphatic rings. The van der Waals surface area contributed by atoms with Gasteiger partial charge in [0, 0.05) is 19.2 Å². The zero-order valence-corrected chi connectivity index (χ0v) is 11.2. The van der Waals surface area contributed by atoms with Crippen molar-refractivity contribution in [1.82, 2.24) is 9.62 Å². The topological polar surface area (TPSA) is 92.5 Å². The molecule has 1 heterocycles. The number of hydrogen-bond acceptors (Lipinski definition) is 4. The summed E-state index contributed by atoms with van der Waals surface area (Å²) in [4.78, 5) is 10.7. The minimum absolute atomic E-state index is 0.0673. The Morgan fingerprint density at radius 3 is 2.65 bits per heavy atom. The molecule has 1 aromatic rings. The maximum atomic E-state index is 13.7. The van der Waals surface area contributed by atoms with Gasteiger partial charge in [0.2, 0.25) is 15.9 Å². The average Bonchev–Trinajstić information content (AvgIpc) is 2.58. The summed E-state index contributed by atoms with van der Waals surface area (Å²) in [7, 11) is -4.24. The van der Waals surface area contributed by atoms with E-state index in [4.69, 9.17) is 5.73 Å². The molecule has 1 amide bonds. The third-order valence-corrected chi connectivity index (χ3v) is 4.76. The largest absolute Gasteiger partial charge is 0.396 e. The van der Waals surface area contributed by atoms with Crippen molar-refractivity contribution in [1.29, 1.82) is 0 Å². The molecule has 0 aromatic heterocycles. The predicted molar refractivity (Wildman–Crippen MR) is 67.2 cm³/mol. The fraction of sp³-hybridized carbons (Fsp3) is 0.364. The van der Waals surface area contributed by atoms with Gasteiger partial charge in [-0.1, -0.05) is 0 Å². The highest BCUT2D eigenvalue weighted by molar-refractivity contribution is 7.89. The molecule has 20 heavy (non-hydrogen) atoms. The van der Waals surface area contributed by atoms with Crippen LogP contribution < -0.4 is 11.1 Å². The van der Waals surface area contributed by atoms with E-state index in [0.29, 0.717) is 19.0 Å². The summed E-state index contributed by atoms with van der Waals surface area (Å²) in [5, 5.41) is 2.51. The molecular weight excluding hydrogens is 292 g/mol. The first-order valence-corrected chi connectivity index (χ1v) is 7.28. The molecule has 1 saturated heterocycles. The van der Waals surface area contributed by atoms with Gasteiger partial charge in [-0.05, 0) is 12.5 Å². The smallest absolute Gasteiger partial charge is 0.246 e. The highest BCUT2D eigenvalue weighted by Gasteiger charge is 2.31. The van der Waals surface area contributed by atoms with Gasteiger partial charge in [0.05, 0.1) is 12.2 Å². The average molecular weight is 305 g/mol. The van der Waals surface area contributed by atoms with Crippen LogP contribution in [0.3, 0.4) is 0 Å². The lowest BCUT2D eigenvalue weighted by molar-refractivity contribution is -0.120. The van der Waals surface area contributed by atoms with E-state index >= 15 is 0 Å². The summed E-state index contributed by atoms with van der Waals surface area (Å²) in [5.74, 6) is -2.74. The van der Waals surface area contributed by atoms with Gasteiger partial charge < -0.3 is 11.1 Å². The lowest BCUT2D eigenvalue weighted by Crippen LogP contribution is -2.37. The van der Waals surface area contributed by atoms with Crippen LogP contribution >= 0.6 is 0 Å². The summed E-state index contributed by atoms with van der Waals surface area (Å²) >= 11 is 0.